The summed E-state index contributed by atoms with van der Waals surface area (Å²) in [6.45, 7) is 0.756. The van der Waals surface area contributed by atoms with Gasteiger partial charge in [0, 0.05) is 11.9 Å². The molecule has 0 aliphatic rings. The fourth-order valence-electron chi connectivity index (χ4n) is 1.73. The fourth-order valence-corrected chi connectivity index (χ4v) is 2.47. The quantitative estimate of drug-likeness (QED) is 0.820. The number of hydrogen-bond donors (Lipinski definition) is 2. The van der Waals surface area contributed by atoms with Gasteiger partial charge < -0.3 is 15.2 Å². The molecule has 0 aliphatic heterocycles. The molecule has 0 bridgehead atoms. The molecule has 0 amide bonds. The molecule has 0 aliphatic carbocycles. The molecule has 0 saturated heterocycles. The van der Waals surface area contributed by atoms with Crippen LogP contribution in [0.1, 0.15) is 11.3 Å². The standard InChI is InChI=1S/C14H16N2O3S/c1-19-12-4-2-10(3-5-12)6-7-15-14-16-11(9-20-14)8-13(17)18/h2-5,9H,6-8H2,1H3,(H,15,16)(H,17,18). The van der Waals surface area contributed by atoms with Crippen molar-refractivity contribution in [3.05, 3.63) is 40.9 Å². The molecule has 1 aromatic heterocycles. The highest BCUT2D eigenvalue weighted by Gasteiger charge is 2.05. The van der Waals surface area contributed by atoms with Gasteiger partial charge in [0.15, 0.2) is 5.13 Å². The summed E-state index contributed by atoms with van der Waals surface area (Å²) < 4.78 is 5.11. The number of carboxylic acids is 1. The lowest BCUT2D eigenvalue weighted by Gasteiger charge is -2.04. The summed E-state index contributed by atoms with van der Waals surface area (Å²) in [7, 11) is 1.65. The highest BCUT2D eigenvalue weighted by Crippen LogP contribution is 2.16. The number of carboxylic acid groups (broad SMARTS) is 1. The normalized spacial score (nSPS) is 10.2. The number of benzene rings is 1. The molecule has 0 radical (unpaired) electrons. The predicted molar refractivity (Wildman–Crippen MR) is 78.6 cm³/mol. The van der Waals surface area contributed by atoms with Crippen LogP contribution in [0.15, 0.2) is 29.6 Å². The molecule has 106 valence electrons. The van der Waals surface area contributed by atoms with Crippen LogP contribution in [0.25, 0.3) is 0 Å². The van der Waals surface area contributed by atoms with E-state index in [0.717, 1.165) is 23.8 Å². The van der Waals surface area contributed by atoms with Crippen molar-refractivity contribution in [2.24, 2.45) is 0 Å². The van der Waals surface area contributed by atoms with E-state index in [-0.39, 0.29) is 6.42 Å². The van der Waals surface area contributed by atoms with Gasteiger partial charge in [0.2, 0.25) is 0 Å². The number of nitrogens with zero attached hydrogens (tertiary/aromatic N) is 1. The van der Waals surface area contributed by atoms with Crippen LogP contribution < -0.4 is 10.1 Å². The number of methoxy groups -OCH3 is 1. The van der Waals surface area contributed by atoms with E-state index in [1.807, 2.05) is 24.3 Å². The van der Waals surface area contributed by atoms with Gasteiger partial charge in [-0.1, -0.05) is 12.1 Å². The number of aliphatic carboxylic acids is 1. The number of ether oxygens (including phenoxy) is 1. The van der Waals surface area contributed by atoms with Crippen molar-refractivity contribution in [3.63, 3.8) is 0 Å². The Labute approximate surface area is 121 Å². The van der Waals surface area contributed by atoms with Crippen LogP contribution in [0.2, 0.25) is 0 Å². The van der Waals surface area contributed by atoms with Crippen molar-refractivity contribution in [2.45, 2.75) is 12.8 Å². The molecule has 0 unspecified atom stereocenters. The third kappa shape index (κ3) is 4.24. The molecular formula is C14H16N2O3S. The molecule has 0 atom stereocenters. The first-order chi connectivity index (χ1) is 9.67. The van der Waals surface area contributed by atoms with E-state index in [1.165, 1.54) is 16.9 Å². The third-order valence-corrected chi connectivity index (χ3v) is 3.58. The second kappa shape index (κ2) is 6.91. The smallest absolute Gasteiger partial charge is 0.309 e. The minimum absolute atomic E-state index is 0.0311. The molecule has 0 fully saturated rings. The second-order valence-electron chi connectivity index (χ2n) is 4.24. The highest BCUT2D eigenvalue weighted by atomic mass is 32.1. The summed E-state index contributed by atoms with van der Waals surface area (Å²) in [6.07, 6.45) is 0.842. The van der Waals surface area contributed by atoms with E-state index in [9.17, 15) is 4.79 Å². The van der Waals surface area contributed by atoms with Crippen LogP contribution in [0.3, 0.4) is 0 Å². The van der Waals surface area contributed by atoms with Crippen LogP contribution >= 0.6 is 11.3 Å². The number of aromatic nitrogens is 1. The van der Waals surface area contributed by atoms with E-state index in [0.29, 0.717) is 5.69 Å². The summed E-state index contributed by atoms with van der Waals surface area (Å²) in [5.41, 5.74) is 1.80. The summed E-state index contributed by atoms with van der Waals surface area (Å²) in [4.78, 5) is 14.8. The average Bonchev–Trinajstić information content (AvgIpc) is 2.86. The van der Waals surface area contributed by atoms with Crippen LogP contribution in [-0.4, -0.2) is 29.7 Å². The zero-order valence-electron chi connectivity index (χ0n) is 11.1. The molecule has 2 aromatic rings. The fraction of sp³-hybridized carbons (Fsp3) is 0.286. The maximum absolute atomic E-state index is 10.6. The minimum Gasteiger partial charge on any atom is -0.497 e. The van der Waals surface area contributed by atoms with Crippen molar-refractivity contribution in [1.82, 2.24) is 4.98 Å². The topological polar surface area (TPSA) is 71.5 Å². The minimum atomic E-state index is -0.861. The lowest BCUT2D eigenvalue weighted by atomic mass is 10.1. The van der Waals surface area contributed by atoms with Crippen molar-refractivity contribution in [3.8, 4) is 5.75 Å². The van der Waals surface area contributed by atoms with Gasteiger partial charge in [0.1, 0.15) is 5.75 Å². The van der Waals surface area contributed by atoms with Crippen molar-refractivity contribution in [2.75, 3.05) is 19.0 Å². The largest absolute Gasteiger partial charge is 0.497 e. The predicted octanol–water partition coefficient (Wildman–Crippen LogP) is 2.43. The van der Waals surface area contributed by atoms with E-state index in [4.69, 9.17) is 9.84 Å². The monoisotopic (exact) mass is 292 g/mol. The van der Waals surface area contributed by atoms with Gasteiger partial charge in [-0.15, -0.1) is 11.3 Å². The first-order valence-corrected chi connectivity index (χ1v) is 7.08. The Bertz CT molecular complexity index is 566. The Hall–Kier alpha value is -2.08. The van der Waals surface area contributed by atoms with Crippen LogP contribution in [0.4, 0.5) is 5.13 Å². The van der Waals surface area contributed by atoms with E-state index < -0.39 is 5.97 Å². The molecule has 2 rings (SSSR count). The molecule has 6 heteroatoms. The summed E-state index contributed by atoms with van der Waals surface area (Å²) in [6, 6.07) is 7.92. The van der Waals surface area contributed by atoms with Gasteiger partial charge in [-0.3, -0.25) is 4.79 Å². The lowest BCUT2D eigenvalue weighted by Crippen LogP contribution is -2.05. The molecule has 0 spiro atoms. The third-order valence-electron chi connectivity index (χ3n) is 2.73. The SMILES string of the molecule is COc1ccc(CCNc2nc(CC(=O)O)cs2)cc1. The Morgan fingerprint density at radius 3 is 2.80 bits per heavy atom. The average molecular weight is 292 g/mol. The lowest BCUT2D eigenvalue weighted by molar-refractivity contribution is -0.136. The van der Waals surface area contributed by atoms with Gasteiger partial charge in [-0.05, 0) is 24.1 Å². The van der Waals surface area contributed by atoms with E-state index in [2.05, 4.69) is 10.3 Å². The highest BCUT2D eigenvalue weighted by molar-refractivity contribution is 7.13. The van der Waals surface area contributed by atoms with Crippen molar-refractivity contribution >= 4 is 22.4 Å². The van der Waals surface area contributed by atoms with Crippen LogP contribution in [-0.2, 0) is 17.6 Å². The number of nitrogens with one attached hydrogen (secondary N) is 1. The van der Waals surface area contributed by atoms with Gasteiger partial charge >= 0.3 is 5.97 Å². The summed E-state index contributed by atoms with van der Waals surface area (Å²) in [5.74, 6) is -0.0139. The van der Waals surface area contributed by atoms with Crippen LogP contribution in [0, 0.1) is 0 Å². The molecule has 1 heterocycles. The maximum atomic E-state index is 10.6. The number of thiazole rings is 1. The molecule has 2 N–H and O–H groups in total. The molecule has 0 saturated carbocycles. The molecule has 1 aromatic carbocycles. The molecular weight excluding hydrogens is 276 g/mol. The van der Waals surface area contributed by atoms with Crippen molar-refractivity contribution < 1.29 is 14.6 Å². The zero-order valence-corrected chi connectivity index (χ0v) is 11.9. The molecule has 5 nitrogen and oxygen atoms in total. The van der Waals surface area contributed by atoms with Crippen molar-refractivity contribution in [1.29, 1.82) is 0 Å². The first kappa shape index (κ1) is 14.3. The van der Waals surface area contributed by atoms with Gasteiger partial charge in [0.25, 0.3) is 0 Å². The Balaban J connectivity index is 1.80. The number of hydrogen-bond acceptors (Lipinski definition) is 5. The van der Waals surface area contributed by atoms with E-state index in [1.54, 1.807) is 12.5 Å². The first-order valence-electron chi connectivity index (χ1n) is 6.20. The molecule has 20 heavy (non-hydrogen) atoms. The van der Waals surface area contributed by atoms with Gasteiger partial charge in [-0.2, -0.15) is 0 Å². The van der Waals surface area contributed by atoms with Gasteiger partial charge in [-0.25, -0.2) is 4.98 Å². The summed E-state index contributed by atoms with van der Waals surface area (Å²) in [5, 5.41) is 14.4. The summed E-state index contributed by atoms with van der Waals surface area (Å²) >= 11 is 1.43. The zero-order chi connectivity index (χ0) is 14.4. The van der Waals surface area contributed by atoms with Crippen LogP contribution in [0.5, 0.6) is 5.75 Å². The van der Waals surface area contributed by atoms with Gasteiger partial charge in [0.05, 0.1) is 19.2 Å². The second-order valence-corrected chi connectivity index (χ2v) is 5.10. The Kier molecular flexibility index (Phi) is 4.95. The number of carbonyl (C=O) groups is 1. The Morgan fingerprint density at radius 1 is 1.40 bits per heavy atom. The number of anilines is 1. The maximum Gasteiger partial charge on any atom is 0.309 e. The Morgan fingerprint density at radius 2 is 2.15 bits per heavy atom. The number of rotatable bonds is 7. The van der Waals surface area contributed by atoms with E-state index >= 15 is 0 Å².